The highest BCUT2D eigenvalue weighted by Crippen LogP contribution is 2.45. The summed E-state index contributed by atoms with van der Waals surface area (Å²) in [6.45, 7) is 7.76. The molecule has 3 aromatic rings. The van der Waals surface area contributed by atoms with Gasteiger partial charge in [0.15, 0.2) is 17.3 Å². The Hall–Kier alpha value is -3.72. The molecule has 15 heteroatoms. The molecular formula is C32H44ClN7O6S. The van der Waals surface area contributed by atoms with Gasteiger partial charge in [-0.1, -0.05) is 18.5 Å². The second-order valence-electron chi connectivity index (χ2n) is 11.5. The Labute approximate surface area is 282 Å². The van der Waals surface area contributed by atoms with Gasteiger partial charge in [0, 0.05) is 51.0 Å². The predicted octanol–water partition coefficient (Wildman–Crippen LogP) is 4.90. The summed E-state index contributed by atoms with van der Waals surface area (Å²) in [5, 5.41) is 6.70. The van der Waals surface area contributed by atoms with Gasteiger partial charge in [0.05, 0.1) is 58.4 Å². The molecule has 2 aromatic carbocycles. The Kier molecular flexibility index (Phi) is 11.1. The Bertz CT molecular complexity index is 1660. The molecule has 47 heavy (non-hydrogen) atoms. The predicted molar refractivity (Wildman–Crippen MR) is 186 cm³/mol. The molecule has 2 fully saturated rings. The Morgan fingerprint density at radius 2 is 1.70 bits per heavy atom. The van der Waals surface area contributed by atoms with Crippen LogP contribution in [0.5, 0.6) is 17.2 Å². The third-order valence-electron chi connectivity index (χ3n) is 8.72. The van der Waals surface area contributed by atoms with E-state index in [1.54, 1.807) is 19.2 Å². The van der Waals surface area contributed by atoms with Gasteiger partial charge in [0.25, 0.3) is 0 Å². The largest absolute Gasteiger partial charge is 0.494 e. The van der Waals surface area contributed by atoms with Crippen LogP contribution >= 0.6 is 11.6 Å². The molecule has 2 aliphatic rings. The van der Waals surface area contributed by atoms with Gasteiger partial charge in [-0.05, 0) is 43.0 Å². The number of aryl methyl sites for hydroxylation is 1. The van der Waals surface area contributed by atoms with Crippen LogP contribution in [0, 0.1) is 0 Å². The number of methoxy groups -OCH3 is 3. The van der Waals surface area contributed by atoms with Crippen molar-refractivity contribution < 1.29 is 27.4 Å². The van der Waals surface area contributed by atoms with Crippen LogP contribution in [0.2, 0.25) is 5.02 Å². The molecule has 3 heterocycles. The third-order valence-corrected chi connectivity index (χ3v) is 10.2. The number of morpholine rings is 1. The van der Waals surface area contributed by atoms with Crippen molar-refractivity contribution in [3.05, 3.63) is 41.0 Å². The second-order valence-corrected chi connectivity index (χ2v) is 13.9. The number of hydrogen-bond donors (Lipinski definition) is 2. The standard InChI is InChI=1S/C32H44ClN7O6S/c1-7-21-18-25(28(44-4)19-26(21)40-12-10-22(11-13-40)39-14-16-46-17-15-39)36-32-34-20-23(33)31(37-32)35-24-8-9-27(43-3)30(45-5)29(24)38(2)47(6,41)42/h8-9,18-20,22H,7,10-17H2,1-6H3,(H2,34,35,36,37). The van der Waals surface area contributed by atoms with Gasteiger partial charge in [0.1, 0.15) is 16.5 Å². The number of nitrogens with one attached hydrogen (secondary N) is 2. The molecule has 0 radical (unpaired) electrons. The van der Waals surface area contributed by atoms with E-state index < -0.39 is 10.0 Å². The zero-order valence-corrected chi connectivity index (χ0v) is 29.4. The molecule has 2 N–H and O–H groups in total. The molecule has 0 unspecified atom stereocenters. The van der Waals surface area contributed by atoms with Crippen molar-refractivity contribution in [1.29, 1.82) is 0 Å². The highest BCUT2D eigenvalue weighted by atomic mass is 35.5. The number of rotatable bonds is 12. The normalized spacial score (nSPS) is 16.1. The number of benzene rings is 2. The lowest BCUT2D eigenvalue weighted by Crippen LogP contribution is -2.49. The Morgan fingerprint density at radius 1 is 1.00 bits per heavy atom. The zero-order chi connectivity index (χ0) is 33.7. The van der Waals surface area contributed by atoms with Crippen molar-refractivity contribution >= 4 is 56.1 Å². The van der Waals surface area contributed by atoms with E-state index in [0.717, 1.165) is 69.2 Å². The summed E-state index contributed by atoms with van der Waals surface area (Å²) >= 11 is 6.53. The fourth-order valence-electron chi connectivity index (χ4n) is 6.13. The van der Waals surface area contributed by atoms with E-state index in [-0.39, 0.29) is 28.2 Å². The second kappa shape index (κ2) is 15.0. The van der Waals surface area contributed by atoms with Gasteiger partial charge >= 0.3 is 0 Å². The number of halogens is 1. The number of aromatic nitrogens is 2. The molecule has 13 nitrogen and oxygen atoms in total. The monoisotopic (exact) mass is 689 g/mol. The number of anilines is 6. The lowest BCUT2D eigenvalue weighted by molar-refractivity contribution is 0.0115. The third kappa shape index (κ3) is 7.72. The maximum Gasteiger partial charge on any atom is 0.232 e. The minimum atomic E-state index is -3.67. The van der Waals surface area contributed by atoms with Crippen LogP contribution in [0.15, 0.2) is 30.5 Å². The van der Waals surface area contributed by atoms with E-state index in [9.17, 15) is 8.42 Å². The van der Waals surface area contributed by atoms with Gasteiger partial charge in [-0.15, -0.1) is 0 Å². The Morgan fingerprint density at radius 3 is 2.32 bits per heavy atom. The van der Waals surface area contributed by atoms with Crippen molar-refractivity contribution in [2.45, 2.75) is 32.2 Å². The molecule has 0 bridgehead atoms. The summed E-state index contributed by atoms with van der Waals surface area (Å²) in [4.78, 5) is 14.1. The van der Waals surface area contributed by atoms with Crippen LogP contribution in [0.25, 0.3) is 0 Å². The van der Waals surface area contributed by atoms with Crippen molar-refractivity contribution in [3.8, 4) is 17.2 Å². The summed E-state index contributed by atoms with van der Waals surface area (Å²) in [6, 6.07) is 8.10. The number of nitrogens with zero attached hydrogens (tertiary/aromatic N) is 5. The molecule has 0 aliphatic carbocycles. The quantitative estimate of drug-likeness (QED) is 0.268. The molecule has 2 aliphatic heterocycles. The van der Waals surface area contributed by atoms with Crippen LogP contribution in [0.4, 0.5) is 34.5 Å². The van der Waals surface area contributed by atoms with Crippen LogP contribution < -0.4 is 34.0 Å². The van der Waals surface area contributed by atoms with E-state index in [4.69, 9.17) is 30.5 Å². The van der Waals surface area contributed by atoms with Crippen LogP contribution in [-0.2, 0) is 21.2 Å². The summed E-state index contributed by atoms with van der Waals surface area (Å²) in [5.41, 5.74) is 3.69. The number of sulfonamides is 1. The van der Waals surface area contributed by atoms with Crippen molar-refractivity contribution in [1.82, 2.24) is 14.9 Å². The first-order chi connectivity index (χ1) is 22.6. The highest BCUT2D eigenvalue weighted by molar-refractivity contribution is 7.92. The average molecular weight is 690 g/mol. The van der Waals surface area contributed by atoms with Crippen molar-refractivity contribution in [2.24, 2.45) is 0 Å². The van der Waals surface area contributed by atoms with Crippen LogP contribution in [0.1, 0.15) is 25.3 Å². The first-order valence-corrected chi connectivity index (χ1v) is 17.8. The Balaban J connectivity index is 1.40. The first kappa shape index (κ1) is 34.6. The average Bonchev–Trinajstić information content (AvgIpc) is 3.08. The molecule has 0 saturated carbocycles. The molecular weight excluding hydrogens is 646 g/mol. The SMILES string of the molecule is CCc1cc(Nc2ncc(Cl)c(Nc3ccc(OC)c(OC)c3N(C)S(C)(=O)=O)n2)c(OC)cc1N1CCC(N2CCOCC2)CC1. The number of ether oxygens (including phenoxy) is 4. The summed E-state index contributed by atoms with van der Waals surface area (Å²) in [5.74, 6) is 1.79. The van der Waals surface area contributed by atoms with Gasteiger partial charge in [0.2, 0.25) is 16.0 Å². The molecule has 1 aromatic heterocycles. The van der Waals surface area contributed by atoms with E-state index in [2.05, 4.69) is 49.5 Å². The minimum absolute atomic E-state index is 0.232. The van der Waals surface area contributed by atoms with E-state index in [1.165, 1.54) is 38.7 Å². The number of piperidine rings is 1. The van der Waals surface area contributed by atoms with Gasteiger partial charge in [-0.2, -0.15) is 4.98 Å². The fraction of sp³-hybridized carbons (Fsp3) is 0.500. The lowest BCUT2D eigenvalue weighted by Gasteiger charge is -2.41. The maximum absolute atomic E-state index is 12.6. The van der Waals surface area contributed by atoms with Crippen LogP contribution in [-0.4, -0.2) is 103 Å². The fourth-order valence-corrected chi connectivity index (χ4v) is 6.78. The van der Waals surface area contributed by atoms with Crippen LogP contribution in [0.3, 0.4) is 0 Å². The first-order valence-electron chi connectivity index (χ1n) is 15.6. The maximum atomic E-state index is 12.6. The van der Waals surface area contributed by atoms with E-state index in [1.807, 2.05) is 0 Å². The summed E-state index contributed by atoms with van der Waals surface area (Å²) in [7, 11) is 2.33. The molecule has 5 rings (SSSR count). The van der Waals surface area contributed by atoms with Gasteiger partial charge < -0.3 is 34.5 Å². The number of hydrogen-bond acceptors (Lipinski definition) is 12. The van der Waals surface area contributed by atoms with Gasteiger partial charge in [-0.3, -0.25) is 9.21 Å². The minimum Gasteiger partial charge on any atom is -0.494 e. The van der Waals surface area contributed by atoms with Crippen molar-refractivity contribution in [2.75, 3.05) is 93.9 Å². The van der Waals surface area contributed by atoms with Gasteiger partial charge in [-0.25, -0.2) is 13.4 Å². The smallest absolute Gasteiger partial charge is 0.232 e. The zero-order valence-electron chi connectivity index (χ0n) is 27.8. The molecule has 0 spiro atoms. The molecule has 256 valence electrons. The summed E-state index contributed by atoms with van der Waals surface area (Å²) in [6.07, 6.45) is 5.64. The summed E-state index contributed by atoms with van der Waals surface area (Å²) < 4.78 is 48.6. The molecule has 0 amide bonds. The van der Waals surface area contributed by atoms with Crippen molar-refractivity contribution in [3.63, 3.8) is 0 Å². The van der Waals surface area contributed by atoms with E-state index >= 15 is 0 Å². The lowest BCUT2D eigenvalue weighted by atomic mass is 10.00. The molecule has 0 atom stereocenters. The van der Waals surface area contributed by atoms with E-state index in [0.29, 0.717) is 28.9 Å². The molecule has 2 saturated heterocycles. The topological polar surface area (TPSA) is 131 Å². The highest BCUT2D eigenvalue weighted by Gasteiger charge is 2.28.